The molecule has 6 heteroatoms. The van der Waals surface area contributed by atoms with Gasteiger partial charge in [-0.05, 0) is 0 Å². The summed E-state index contributed by atoms with van der Waals surface area (Å²) >= 11 is -4.02. The SMILES string of the molecule is [Cl][W]([Cl])=[W]([Cl])[Cl]. The van der Waals surface area contributed by atoms with Gasteiger partial charge >= 0.3 is 60.9 Å². The molecule has 0 aliphatic heterocycles. The molecule has 0 spiro atoms. The molecule has 0 aliphatic rings. The zero-order valence-corrected chi connectivity index (χ0v) is 11.2. The molecule has 0 saturated carbocycles. The molecule has 0 saturated heterocycles. The van der Waals surface area contributed by atoms with Crippen molar-refractivity contribution in [3.05, 3.63) is 0 Å². The summed E-state index contributed by atoms with van der Waals surface area (Å²) in [7, 11) is 21.6. The summed E-state index contributed by atoms with van der Waals surface area (Å²) in [4.78, 5) is 0. The van der Waals surface area contributed by atoms with Crippen molar-refractivity contribution in [2.75, 3.05) is 0 Å². The summed E-state index contributed by atoms with van der Waals surface area (Å²) in [5.41, 5.74) is 0. The Morgan fingerprint density at radius 1 is 0.667 bits per heavy atom. The second-order valence-corrected chi connectivity index (χ2v) is 59.2. The van der Waals surface area contributed by atoms with Crippen molar-refractivity contribution in [1.82, 2.24) is 0 Å². The molecule has 0 unspecified atom stereocenters. The van der Waals surface area contributed by atoms with Crippen LogP contribution < -0.4 is 0 Å². The predicted molar refractivity (Wildman–Crippen MR) is 23.4 cm³/mol. The van der Waals surface area contributed by atoms with Gasteiger partial charge in [0.05, 0.1) is 0 Å². The first-order valence-corrected chi connectivity index (χ1v) is 26.3. The molecular weight excluding hydrogens is 509 g/mol. The van der Waals surface area contributed by atoms with E-state index in [1.165, 1.54) is 0 Å². The molecule has 0 bridgehead atoms. The van der Waals surface area contributed by atoms with Crippen LogP contribution in [0.2, 0.25) is 0 Å². The van der Waals surface area contributed by atoms with Crippen LogP contribution in [0.5, 0.6) is 0 Å². The molecular formula is Cl4W2. The zero-order chi connectivity index (χ0) is 5.15. The second kappa shape index (κ2) is 4.42. The summed E-state index contributed by atoms with van der Waals surface area (Å²) in [5.74, 6) is 0. The summed E-state index contributed by atoms with van der Waals surface area (Å²) in [6, 6.07) is 0. The first-order chi connectivity index (χ1) is 2.64. The predicted octanol–water partition coefficient (Wildman–Crippen LogP) is 2.75. The molecule has 6 heavy (non-hydrogen) atoms. The Morgan fingerprint density at radius 3 is 0.833 bits per heavy atom. The monoisotopic (exact) mass is 508 g/mol. The number of hydrogen-bond donors (Lipinski definition) is 0. The van der Waals surface area contributed by atoms with Gasteiger partial charge in [-0.2, -0.15) is 0 Å². The quantitative estimate of drug-likeness (QED) is 0.472. The molecule has 0 fully saturated rings. The van der Waals surface area contributed by atoms with E-state index in [9.17, 15) is 0 Å². The van der Waals surface area contributed by atoms with Gasteiger partial charge < -0.3 is 0 Å². The first-order valence-electron chi connectivity index (χ1n) is 0.784. The van der Waals surface area contributed by atoms with Crippen LogP contribution in [-0.4, -0.2) is 0 Å². The number of rotatable bonds is 0. The van der Waals surface area contributed by atoms with E-state index in [1.807, 2.05) is 0 Å². The van der Waals surface area contributed by atoms with Gasteiger partial charge in [0.1, 0.15) is 0 Å². The average Bonchev–Trinajstić information content (AvgIpc) is 1.36. The van der Waals surface area contributed by atoms with Crippen LogP contribution in [0.3, 0.4) is 0 Å². The fourth-order valence-electron chi connectivity index (χ4n) is 0. The Balaban J connectivity index is 3.68. The van der Waals surface area contributed by atoms with E-state index in [0.717, 1.165) is 0 Å². The molecule has 40 valence electrons. The Morgan fingerprint density at radius 2 is 0.833 bits per heavy atom. The molecule has 0 radical (unpaired) electrons. The second-order valence-electron chi connectivity index (χ2n) is 0.369. The van der Waals surface area contributed by atoms with Crippen LogP contribution in [0.4, 0.5) is 0 Å². The van der Waals surface area contributed by atoms with E-state index in [2.05, 4.69) is 0 Å². The van der Waals surface area contributed by atoms with Gasteiger partial charge in [-0.15, -0.1) is 0 Å². The van der Waals surface area contributed by atoms with Gasteiger partial charge in [0.15, 0.2) is 0 Å². The van der Waals surface area contributed by atoms with Crippen molar-refractivity contribution >= 4 is 37.7 Å². The minimum atomic E-state index is -2.01. The average molecular weight is 509 g/mol. The molecule has 0 nitrogen and oxygen atoms in total. The summed E-state index contributed by atoms with van der Waals surface area (Å²) in [6.45, 7) is 0. The molecule has 0 aromatic heterocycles. The summed E-state index contributed by atoms with van der Waals surface area (Å²) < 4.78 is 0. The van der Waals surface area contributed by atoms with Gasteiger partial charge in [-0.1, -0.05) is 0 Å². The summed E-state index contributed by atoms with van der Waals surface area (Å²) in [6.07, 6.45) is 0. The molecule has 0 aliphatic carbocycles. The zero-order valence-electron chi connectivity index (χ0n) is 2.33. The van der Waals surface area contributed by atoms with Crippen LogP contribution in [0, 0.1) is 0 Å². The van der Waals surface area contributed by atoms with Crippen LogP contribution in [-0.2, 0) is 23.3 Å². The number of halogens is 4. The molecule has 0 rings (SSSR count). The topological polar surface area (TPSA) is 0 Å². The Labute approximate surface area is 59.9 Å². The van der Waals surface area contributed by atoms with Crippen LogP contribution in [0.25, 0.3) is 0 Å². The van der Waals surface area contributed by atoms with Crippen molar-refractivity contribution in [3.63, 3.8) is 0 Å². The van der Waals surface area contributed by atoms with Crippen molar-refractivity contribution in [1.29, 1.82) is 0 Å². The first kappa shape index (κ1) is 8.54. The summed E-state index contributed by atoms with van der Waals surface area (Å²) in [5, 5.41) is 0. The van der Waals surface area contributed by atoms with Crippen LogP contribution in [0.1, 0.15) is 0 Å². The van der Waals surface area contributed by atoms with Gasteiger partial charge in [-0.3, -0.25) is 0 Å². The van der Waals surface area contributed by atoms with E-state index >= 15 is 0 Å². The molecule has 0 atom stereocenters. The fourth-order valence-corrected chi connectivity index (χ4v) is 0. The van der Waals surface area contributed by atoms with Crippen molar-refractivity contribution in [2.24, 2.45) is 0 Å². The van der Waals surface area contributed by atoms with Crippen LogP contribution in [0.15, 0.2) is 0 Å². The van der Waals surface area contributed by atoms with E-state index in [1.54, 1.807) is 0 Å². The van der Waals surface area contributed by atoms with Crippen molar-refractivity contribution in [3.8, 4) is 0 Å². The van der Waals surface area contributed by atoms with Gasteiger partial charge in [0.25, 0.3) is 0 Å². The van der Waals surface area contributed by atoms with Gasteiger partial charge in [-0.25, -0.2) is 0 Å². The molecule has 0 aromatic carbocycles. The third-order valence-electron chi connectivity index (χ3n) is 0.0952. The Hall–Kier alpha value is 2.54. The fraction of sp³-hybridized carbons (Fsp3) is 0. The van der Waals surface area contributed by atoms with Crippen molar-refractivity contribution < 1.29 is 23.3 Å². The third-order valence-corrected chi connectivity index (χ3v) is 57.4. The molecule has 0 aromatic rings. The maximum atomic E-state index is 5.40. The normalized spacial score (nSPS) is 11.0. The third kappa shape index (κ3) is 4.69. The molecule has 0 N–H and O–H groups in total. The van der Waals surface area contributed by atoms with Crippen LogP contribution >= 0.6 is 37.7 Å². The van der Waals surface area contributed by atoms with E-state index in [4.69, 9.17) is 37.7 Å². The maximum absolute atomic E-state index is 5.40. The van der Waals surface area contributed by atoms with Gasteiger partial charge in [0, 0.05) is 0 Å². The van der Waals surface area contributed by atoms with Gasteiger partial charge in [0.2, 0.25) is 0 Å². The molecule has 0 heterocycles. The molecule has 0 amide bonds. The van der Waals surface area contributed by atoms with E-state index < -0.39 is 23.3 Å². The standard InChI is InChI=1S/4ClH.2W/h4*1H;;/q;;;;2*+2/p-4. The van der Waals surface area contributed by atoms with Crippen molar-refractivity contribution in [2.45, 2.75) is 0 Å². The Kier molecular flexibility index (Phi) is 6.29. The van der Waals surface area contributed by atoms with E-state index in [-0.39, 0.29) is 0 Å². The van der Waals surface area contributed by atoms with E-state index in [0.29, 0.717) is 0 Å². The minimum absolute atomic E-state index is 2.01. The number of hydrogen-bond acceptors (Lipinski definition) is 0. The Bertz CT molecular complexity index is 55.6.